The van der Waals surface area contributed by atoms with E-state index in [1.807, 2.05) is 12.3 Å². The summed E-state index contributed by atoms with van der Waals surface area (Å²) < 4.78 is 10.3. The monoisotopic (exact) mass is 296 g/mol. The van der Waals surface area contributed by atoms with E-state index in [-0.39, 0.29) is 5.78 Å². The van der Waals surface area contributed by atoms with Crippen molar-refractivity contribution in [2.24, 2.45) is 0 Å². The van der Waals surface area contributed by atoms with Gasteiger partial charge in [0.15, 0.2) is 11.5 Å². The van der Waals surface area contributed by atoms with Gasteiger partial charge in [0.05, 0.1) is 24.1 Å². The van der Waals surface area contributed by atoms with Gasteiger partial charge in [0, 0.05) is 5.56 Å². The Balaban J connectivity index is 2.42. The molecular weight excluding hydrogens is 284 g/mol. The first-order valence-electron chi connectivity index (χ1n) is 5.58. The largest absolute Gasteiger partial charge is 0.493 e. The fourth-order valence-corrected chi connectivity index (χ4v) is 2.93. The molecule has 2 aromatic rings. The maximum atomic E-state index is 12.4. The molecule has 0 unspecified atom stereocenters. The molecule has 0 spiro atoms. The minimum absolute atomic E-state index is 0.107. The molecular formula is C14H13ClO3S. The van der Waals surface area contributed by atoms with Gasteiger partial charge in [-0.1, -0.05) is 11.6 Å². The van der Waals surface area contributed by atoms with Gasteiger partial charge in [0.25, 0.3) is 0 Å². The molecule has 0 bridgehead atoms. The van der Waals surface area contributed by atoms with Crippen molar-refractivity contribution in [2.45, 2.75) is 6.92 Å². The highest BCUT2D eigenvalue weighted by Gasteiger charge is 2.18. The summed E-state index contributed by atoms with van der Waals surface area (Å²) in [6.07, 6.45) is 0. The van der Waals surface area contributed by atoms with Crippen molar-refractivity contribution in [3.8, 4) is 11.5 Å². The quantitative estimate of drug-likeness (QED) is 0.801. The van der Waals surface area contributed by atoms with Crippen LogP contribution in [0.4, 0.5) is 0 Å². The lowest BCUT2D eigenvalue weighted by Gasteiger charge is -2.08. The number of carbonyl (C=O) groups is 1. The van der Waals surface area contributed by atoms with Gasteiger partial charge in [-0.05, 0) is 36.1 Å². The first-order chi connectivity index (χ1) is 9.08. The second-order valence-corrected chi connectivity index (χ2v) is 5.22. The Morgan fingerprint density at radius 1 is 1.21 bits per heavy atom. The third kappa shape index (κ3) is 2.60. The zero-order valence-electron chi connectivity index (χ0n) is 10.8. The van der Waals surface area contributed by atoms with Crippen LogP contribution in [0.2, 0.25) is 5.02 Å². The lowest BCUT2D eigenvalue weighted by atomic mass is 10.1. The van der Waals surface area contributed by atoms with Gasteiger partial charge in [-0.2, -0.15) is 0 Å². The molecule has 19 heavy (non-hydrogen) atoms. The molecule has 0 atom stereocenters. The Labute approximate surface area is 120 Å². The standard InChI is InChI=1S/C14H13ClO3S/c1-8-7-19-14(12(8)15)13(16)9-4-5-10(17-2)11(6-9)18-3/h4-7H,1-3H3. The van der Waals surface area contributed by atoms with E-state index in [4.69, 9.17) is 21.1 Å². The van der Waals surface area contributed by atoms with E-state index in [9.17, 15) is 4.79 Å². The van der Waals surface area contributed by atoms with E-state index in [1.165, 1.54) is 18.4 Å². The first kappa shape index (κ1) is 13.9. The van der Waals surface area contributed by atoms with Crippen LogP contribution in [0.15, 0.2) is 23.6 Å². The summed E-state index contributed by atoms with van der Waals surface area (Å²) in [6.45, 7) is 1.88. The predicted octanol–water partition coefficient (Wildman–Crippen LogP) is 3.96. The van der Waals surface area contributed by atoms with Crippen molar-refractivity contribution in [1.29, 1.82) is 0 Å². The summed E-state index contributed by atoms with van der Waals surface area (Å²) in [5, 5.41) is 2.39. The number of carbonyl (C=O) groups excluding carboxylic acids is 1. The van der Waals surface area contributed by atoms with Gasteiger partial charge in [-0.25, -0.2) is 0 Å². The molecule has 0 radical (unpaired) electrons. The topological polar surface area (TPSA) is 35.5 Å². The summed E-state index contributed by atoms with van der Waals surface area (Å²) >= 11 is 7.47. The SMILES string of the molecule is COc1ccc(C(=O)c2scc(C)c2Cl)cc1OC. The number of ether oxygens (including phenoxy) is 2. The van der Waals surface area contributed by atoms with Gasteiger partial charge < -0.3 is 9.47 Å². The van der Waals surface area contributed by atoms with E-state index in [0.717, 1.165) is 5.56 Å². The number of methoxy groups -OCH3 is 2. The van der Waals surface area contributed by atoms with Crippen LogP contribution in [-0.4, -0.2) is 20.0 Å². The highest BCUT2D eigenvalue weighted by molar-refractivity contribution is 7.13. The third-order valence-electron chi connectivity index (χ3n) is 2.75. The highest BCUT2D eigenvalue weighted by Crippen LogP contribution is 2.32. The van der Waals surface area contributed by atoms with Crippen LogP contribution in [0.1, 0.15) is 20.8 Å². The highest BCUT2D eigenvalue weighted by atomic mass is 35.5. The van der Waals surface area contributed by atoms with Crippen LogP contribution in [0.3, 0.4) is 0 Å². The summed E-state index contributed by atoms with van der Waals surface area (Å²) in [7, 11) is 3.09. The predicted molar refractivity (Wildman–Crippen MR) is 77.0 cm³/mol. The molecule has 1 heterocycles. The molecule has 0 aliphatic heterocycles. The van der Waals surface area contributed by atoms with Crippen molar-refractivity contribution < 1.29 is 14.3 Å². The molecule has 1 aromatic heterocycles. The summed E-state index contributed by atoms with van der Waals surface area (Å²) in [5.74, 6) is 1.01. The molecule has 0 amide bonds. The number of ketones is 1. The summed E-state index contributed by atoms with van der Waals surface area (Å²) in [6, 6.07) is 5.07. The maximum absolute atomic E-state index is 12.4. The van der Waals surface area contributed by atoms with Crippen molar-refractivity contribution in [2.75, 3.05) is 14.2 Å². The zero-order valence-corrected chi connectivity index (χ0v) is 12.4. The molecule has 1 aromatic carbocycles. The Kier molecular flexibility index (Phi) is 4.12. The number of hydrogen-bond donors (Lipinski definition) is 0. The normalized spacial score (nSPS) is 10.3. The van der Waals surface area contributed by atoms with E-state index in [1.54, 1.807) is 25.3 Å². The number of hydrogen-bond acceptors (Lipinski definition) is 4. The molecule has 0 saturated carbocycles. The molecule has 0 aliphatic rings. The number of benzene rings is 1. The molecule has 100 valence electrons. The average Bonchev–Trinajstić information content (AvgIpc) is 2.77. The second kappa shape index (κ2) is 5.63. The van der Waals surface area contributed by atoms with Gasteiger partial charge in [0.2, 0.25) is 5.78 Å². The van der Waals surface area contributed by atoms with Crippen molar-refractivity contribution >= 4 is 28.7 Å². The lowest BCUT2D eigenvalue weighted by Crippen LogP contribution is -2.01. The third-order valence-corrected chi connectivity index (χ3v) is 4.45. The smallest absolute Gasteiger partial charge is 0.204 e. The summed E-state index contributed by atoms with van der Waals surface area (Å²) in [5.41, 5.74) is 1.44. The van der Waals surface area contributed by atoms with Gasteiger partial charge >= 0.3 is 0 Å². The Morgan fingerprint density at radius 2 is 1.89 bits per heavy atom. The van der Waals surface area contributed by atoms with Crippen molar-refractivity contribution in [1.82, 2.24) is 0 Å². The van der Waals surface area contributed by atoms with E-state index < -0.39 is 0 Å². The Morgan fingerprint density at radius 3 is 2.42 bits per heavy atom. The molecule has 3 nitrogen and oxygen atoms in total. The minimum atomic E-state index is -0.107. The number of rotatable bonds is 4. The maximum Gasteiger partial charge on any atom is 0.204 e. The molecule has 0 aliphatic carbocycles. The van der Waals surface area contributed by atoms with Crippen LogP contribution in [-0.2, 0) is 0 Å². The fourth-order valence-electron chi connectivity index (χ4n) is 1.69. The Bertz CT molecular complexity index is 619. The fraction of sp³-hybridized carbons (Fsp3) is 0.214. The lowest BCUT2D eigenvalue weighted by molar-refractivity contribution is 0.104. The number of aryl methyl sites for hydroxylation is 1. The van der Waals surface area contributed by atoms with E-state index in [0.29, 0.717) is 27.0 Å². The average molecular weight is 297 g/mol. The van der Waals surface area contributed by atoms with E-state index in [2.05, 4.69) is 0 Å². The minimum Gasteiger partial charge on any atom is -0.493 e. The molecule has 5 heteroatoms. The van der Waals surface area contributed by atoms with Crippen LogP contribution in [0, 0.1) is 6.92 Å². The van der Waals surface area contributed by atoms with Gasteiger partial charge in [0.1, 0.15) is 0 Å². The molecule has 2 rings (SSSR count). The Hall–Kier alpha value is -1.52. The van der Waals surface area contributed by atoms with E-state index >= 15 is 0 Å². The molecule has 0 N–H and O–H groups in total. The number of thiophene rings is 1. The molecule has 0 fully saturated rings. The van der Waals surface area contributed by atoms with Crippen LogP contribution in [0.25, 0.3) is 0 Å². The van der Waals surface area contributed by atoms with Crippen LogP contribution in [0.5, 0.6) is 11.5 Å². The molecule has 0 saturated heterocycles. The van der Waals surface area contributed by atoms with Crippen LogP contribution >= 0.6 is 22.9 Å². The van der Waals surface area contributed by atoms with Crippen molar-refractivity contribution in [3.63, 3.8) is 0 Å². The van der Waals surface area contributed by atoms with Crippen LogP contribution < -0.4 is 9.47 Å². The van der Waals surface area contributed by atoms with Gasteiger partial charge in [-0.15, -0.1) is 11.3 Å². The number of halogens is 1. The zero-order chi connectivity index (χ0) is 14.0. The second-order valence-electron chi connectivity index (χ2n) is 3.96. The van der Waals surface area contributed by atoms with Gasteiger partial charge in [-0.3, -0.25) is 4.79 Å². The first-order valence-corrected chi connectivity index (χ1v) is 6.84. The summed E-state index contributed by atoms with van der Waals surface area (Å²) in [4.78, 5) is 12.9. The van der Waals surface area contributed by atoms with Crippen molar-refractivity contribution in [3.05, 3.63) is 44.6 Å².